The van der Waals surface area contributed by atoms with Crippen molar-refractivity contribution in [2.45, 2.75) is 45.1 Å². The van der Waals surface area contributed by atoms with Gasteiger partial charge in [-0.1, -0.05) is 17.7 Å². The summed E-state index contributed by atoms with van der Waals surface area (Å²) >= 11 is 1.53. The lowest BCUT2D eigenvalue weighted by Gasteiger charge is -2.23. The normalized spacial score (nSPS) is 19.2. The number of fused-ring (bicyclic) bond motifs is 2. The highest BCUT2D eigenvalue weighted by Crippen LogP contribution is 2.30. The van der Waals surface area contributed by atoms with Gasteiger partial charge in [-0.3, -0.25) is 10.1 Å². The minimum atomic E-state index is -0.798. The maximum Gasteiger partial charge on any atom is 0.339 e. The van der Waals surface area contributed by atoms with E-state index in [1.165, 1.54) is 22.6 Å². The number of ether oxygens (including phenoxy) is 1. The fourth-order valence-electron chi connectivity index (χ4n) is 3.23. The zero-order chi connectivity index (χ0) is 16.7. The average Bonchev–Trinajstić information content (AvgIpc) is 2.97. The number of cyclic esters (lactones) is 1. The highest BCUT2D eigenvalue weighted by atomic mass is 32.1. The first-order valence-electron chi connectivity index (χ1n) is 8.20. The van der Waals surface area contributed by atoms with Crippen LogP contribution >= 0.6 is 11.3 Å². The van der Waals surface area contributed by atoms with Crippen molar-refractivity contribution in [2.75, 3.05) is 5.32 Å². The predicted octanol–water partition coefficient (Wildman–Crippen LogP) is 3.05. The van der Waals surface area contributed by atoms with Crippen molar-refractivity contribution in [1.29, 1.82) is 0 Å². The predicted molar refractivity (Wildman–Crippen MR) is 91.5 cm³/mol. The maximum absolute atomic E-state index is 12.5. The highest BCUT2D eigenvalue weighted by Gasteiger charge is 2.32. The molecule has 124 valence electrons. The van der Waals surface area contributed by atoms with E-state index in [0.29, 0.717) is 17.1 Å². The first-order chi connectivity index (χ1) is 11.6. The van der Waals surface area contributed by atoms with Crippen molar-refractivity contribution in [3.63, 3.8) is 0 Å². The minimum absolute atomic E-state index is 0.305. The van der Waals surface area contributed by atoms with Crippen LogP contribution < -0.4 is 5.32 Å². The van der Waals surface area contributed by atoms with Gasteiger partial charge in [-0.25, -0.2) is 9.78 Å². The molecule has 0 saturated heterocycles. The minimum Gasteiger partial charge on any atom is -0.448 e. The van der Waals surface area contributed by atoms with Gasteiger partial charge in [-0.05, 0) is 44.2 Å². The van der Waals surface area contributed by atoms with E-state index in [4.69, 9.17) is 4.74 Å². The molecule has 5 nitrogen and oxygen atoms in total. The van der Waals surface area contributed by atoms with Gasteiger partial charge in [0.2, 0.25) is 0 Å². The van der Waals surface area contributed by atoms with E-state index in [0.717, 1.165) is 36.1 Å². The van der Waals surface area contributed by atoms with E-state index >= 15 is 0 Å². The SMILES string of the molecule is Cc1ccc2c(c1)C(=O)O[C@H](C(=O)Nc1nc3c(s1)CCCC3)C2. The molecule has 1 amide bonds. The second kappa shape index (κ2) is 6.02. The van der Waals surface area contributed by atoms with Crippen molar-refractivity contribution in [3.05, 3.63) is 45.5 Å². The van der Waals surface area contributed by atoms with Gasteiger partial charge in [0.15, 0.2) is 11.2 Å². The van der Waals surface area contributed by atoms with Gasteiger partial charge >= 0.3 is 5.97 Å². The van der Waals surface area contributed by atoms with Crippen molar-refractivity contribution in [2.24, 2.45) is 0 Å². The first-order valence-corrected chi connectivity index (χ1v) is 9.02. The Hall–Kier alpha value is -2.21. The lowest BCUT2D eigenvalue weighted by atomic mass is 9.96. The topological polar surface area (TPSA) is 68.3 Å². The van der Waals surface area contributed by atoms with E-state index in [1.54, 1.807) is 6.07 Å². The molecule has 1 aliphatic carbocycles. The van der Waals surface area contributed by atoms with E-state index in [1.807, 2.05) is 19.1 Å². The summed E-state index contributed by atoms with van der Waals surface area (Å²) in [5.74, 6) is -0.737. The van der Waals surface area contributed by atoms with E-state index in [-0.39, 0.29) is 5.91 Å². The summed E-state index contributed by atoms with van der Waals surface area (Å²) < 4.78 is 5.33. The summed E-state index contributed by atoms with van der Waals surface area (Å²) in [5, 5.41) is 3.43. The fraction of sp³-hybridized carbons (Fsp3) is 0.389. The Bertz CT molecular complexity index is 804. The molecule has 1 N–H and O–H groups in total. The third-order valence-electron chi connectivity index (χ3n) is 4.51. The monoisotopic (exact) mass is 342 g/mol. The molecule has 0 saturated carbocycles. The average molecular weight is 342 g/mol. The molecule has 0 fully saturated rings. The molecule has 24 heavy (non-hydrogen) atoms. The molecule has 6 heteroatoms. The molecule has 0 unspecified atom stereocenters. The number of nitrogens with zero attached hydrogens (tertiary/aromatic N) is 1. The number of rotatable bonds is 2. The summed E-state index contributed by atoms with van der Waals surface area (Å²) in [6, 6.07) is 5.65. The number of hydrogen-bond acceptors (Lipinski definition) is 5. The van der Waals surface area contributed by atoms with Gasteiger partial charge < -0.3 is 4.74 Å². The molecule has 1 aromatic carbocycles. The Morgan fingerprint density at radius 1 is 1.33 bits per heavy atom. The molecular formula is C18H18N2O3S. The van der Waals surface area contributed by atoms with Gasteiger partial charge in [0, 0.05) is 11.3 Å². The number of carbonyl (C=O) groups is 2. The van der Waals surface area contributed by atoms with E-state index < -0.39 is 12.1 Å². The Labute approximate surface area is 144 Å². The summed E-state index contributed by atoms with van der Waals surface area (Å²) in [6.07, 6.45) is 3.95. The molecule has 2 heterocycles. The van der Waals surface area contributed by atoms with Gasteiger partial charge in [0.25, 0.3) is 5.91 Å². The molecule has 1 atom stereocenters. The number of nitrogens with one attached hydrogen (secondary N) is 1. The van der Waals surface area contributed by atoms with Crippen LogP contribution in [0.1, 0.15) is 44.9 Å². The fourth-order valence-corrected chi connectivity index (χ4v) is 4.28. The molecule has 2 aliphatic rings. The van der Waals surface area contributed by atoms with E-state index in [9.17, 15) is 9.59 Å². The smallest absolute Gasteiger partial charge is 0.339 e. The Morgan fingerprint density at radius 2 is 2.17 bits per heavy atom. The summed E-state index contributed by atoms with van der Waals surface area (Å²) in [6.45, 7) is 1.93. The van der Waals surface area contributed by atoms with Crippen molar-refractivity contribution < 1.29 is 14.3 Å². The zero-order valence-electron chi connectivity index (χ0n) is 13.4. The molecule has 1 aliphatic heterocycles. The van der Waals surface area contributed by atoms with Crippen LogP contribution in [0, 0.1) is 6.92 Å². The number of aromatic nitrogens is 1. The summed E-state index contributed by atoms with van der Waals surface area (Å²) in [5.41, 5.74) is 3.52. The lowest BCUT2D eigenvalue weighted by Crippen LogP contribution is -2.38. The summed E-state index contributed by atoms with van der Waals surface area (Å²) in [4.78, 5) is 30.4. The second-order valence-electron chi connectivity index (χ2n) is 6.34. The van der Waals surface area contributed by atoms with E-state index in [2.05, 4.69) is 10.3 Å². The Kier molecular flexibility index (Phi) is 3.84. The molecule has 0 spiro atoms. The number of hydrogen-bond donors (Lipinski definition) is 1. The zero-order valence-corrected chi connectivity index (χ0v) is 14.2. The first kappa shape index (κ1) is 15.3. The van der Waals surface area contributed by atoms with Gasteiger partial charge in [0.05, 0.1) is 11.3 Å². The molecule has 0 radical (unpaired) electrons. The van der Waals surface area contributed by atoms with Crippen LogP contribution in [0.2, 0.25) is 0 Å². The van der Waals surface area contributed by atoms with Crippen molar-refractivity contribution >= 4 is 28.3 Å². The standard InChI is InChI=1S/C18H18N2O3S/c1-10-6-7-11-9-14(23-17(22)12(11)8-10)16(21)20-18-19-13-4-2-3-5-15(13)24-18/h6-8,14H,2-5,9H2,1H3,(H,19,20,21)/t14-/m0/s1. The maximum atomic E-state index is 12.5. The summed E-state index contributed by atoms with van der Waals surface area (Å²) in [7, 11) is 0. The molecular weight excluding hydrogens is 324 g/mol. The van der Waals surface area contributed by atoms with Gasteiger partial charge in [-0.2, -0.15) is 0 Å². The van der Waals surface area contributed by atoms with Gasteiger partial charge in [-0.15, -0.1) is 11.3 Å². The Morgan fingerprint density at radius 3 is 3.00 bits per heavy atom. The lowest BCUT2D eigenvalue weighted by molar-refractivity contribution is -0.125. The van der Waals surface area contributed by atoms with Crippen molar-refractivity contribution in [1.82, 2.24) is 4.98 Å². The molecule has 0 bridgehead atoms. The molecule has 1 aromatic heterocycles. The molecule has 2 aromatic rings. The highest BCUT2D eigenvalue weighted by molar-refractivity contribution is 7.15. The van der Waals surface area contributed by atoms with Crippen LogP contribution in [0.5, 0.6) is 0 Å². The number of carbonyl (C=O) groups excluding carboxylic acids is 2. The van der Waals surface area contributed by atoms with Crippen LogP contribution in [0.15, 0.2) is 18.2 Å². The quantitative estimate of drug-likeness (QED) is 0.852. The number of benzene rings is 1. The van der Waals surface area contributed by atoms with Crippen LogP contribution in [0.25, 0.3) is 0 Å². The number of anilines is 1. The van der Waals surface area contributed by atoms with Crippen LogP contribution in [-0.4, -0.2) is 23.0 Å². The van der Waals surface area contributed by atoms with Crippen LogP contribution in [0.4, 0.5) is 5.13 Å². The third-order valence-corrected chi connectivity index (χ3v) is 5.58. The molecule has 4 rings (SSSR count). The number of amides is 1. The van der Waals surface area contributed by atoms with Gasteiger partial charge in [0.1, 0.15) is 0 Å². The van der Waals surface area contributed by atoms with Crippen LogP contribution in [0.3, 0.4) is 0 Å². The largest absolute Gasteiger partial charge is 0.448 e. The number of thiazole rings is 1. The third kappa shape index (κ3) is 2.82. The number of aryl methyl sites for hydroxylation is 3. The van der Waals surface area contributed by atoms with Crippen LogP contribution in [-0.2, 0) is 28.8 Å². The number of esters is 1. The van der Waals surface area contributed by atoms with Crippen molar-refractivity contribution in [3.8, 4) is 0 Å². The second-order valence-corrected chi connectivity index (χ2v) is 7.43. The Balaban J connectivity index is 1.50.